The summed E-state index contributed by atoms with van der Waals surface area (Å²) in [5, 5.41) is 0. The number of hydrogen-bond donors (Lipinski definition) is 0. The van der Waals surface area contributed by atoms with Crippen LogP contribution in [0, 0.1) is 5.41 Å². The smallest absolute Gasteiger partial charge is 0.410 e. The van der Waals surface area contributed by atoms with Gasteiger partial charge in [0.25, 0.3) is 0 Å². The van der Waals surface area contributed by atoms with Gasteiger partial charge < -0.3 is 14.1 Å². The Labute approximate surface area is 151 Å². The van der Waals surface area contributed by atoms with Gasteiger partial charge in [0.05, 0.1) is 5.69 Å². The molecule has 1 aromatic rings. The predicted molar refractivity (Wildman–Crippen MR) is 96.7 cm³/mol. The average Bonchev–Trinajstić information content (AvgIpc) is 2.92. The fraction of sp³-hybridized carbons (Fsp3) is 0.800. The first kappa shape index (κ1) is 18.3. The minimum absolute atomic E-state index is 0.0297. The highest BCUT2D eigenvalue weighted by molar-refractivity contribution is 5.68. The lowest BCUT2D eigenvalue weighted by Gasteiger charge is -2.51. The SMILES string of the molecule is CC(C)(C)OC(=O)N1CCC2(CC1)CC(c1nc(C(C)(C)C)co1)C2. The molecule has 1 saturated heterocycles. The molecule has 2 heterocycles. The Morgan fingerprint density at radius 2 is 1.80 bits per heavy atom. The number of aromatic nitrogens is 1. The Hall–Kier alpha value is -1.52. The highest BCUT2D eigenvalue weighted by atomic mass is 16.6. The zero-order valence-electron chi connectivity index (χ0n) is 16.5. The zero-order chi connectivity index (χ0) is 18.5. The van der Waals surface area contributed by atoms with Crippen LogP contribution in [-0.4, -0.2) is 34.7 Å². The number of rotatable bonds is 1. The number of ether oxygens (including phenoxy) is 1. The van der Waals surface area contributed by atoms with Crippen LogP contribution in [0.5, 0.6) is 0 Å². The number of amides is 1. The van der Waals surface area contributed by atoms with Gasteiger partial charge in [-0.05, 0) is 51.9 Å². The molecule has 2 fully saturated rings. The van der Waals surface area contributed by atoms with Crippen molar-refractivity contribution in [1.82, 2.24) is 9.88 Å². The number of carbonyl (C=O) groups excluding carboxylic acids is 1. The summed E-state index contributed by atoms with van der Waals surface area (Å²) in [4.78, 5) is 18.8. The summed E-state index contributed by atoms with van der Waals surface area (Å²) in [7, 11) is 0. The van der Waals surface area contributed by atoms with Gasteiger partial charge in [0, 0.05) is 24.4 Å². The van der Waals surface area contributed by atoms with Crippen molar-refractivity contribution in [3.63, 3.8) is 0 Å². The van der Waals surface area contributed by atoms with Crippen molar-refractivity contribution >= 4 is 6.09 Å². The lowest BCUT2D eigenvalue weighted by molar-refractivity contribution is -0.0154. The number of likely N-dealkylation sites (tertiary alicyclic amines) is 1. The molecule has 1 amide bonds. The van der Waals surface area contributed by atoms with Crippen LogP contribution in [0.3, 0.4) is 0 Å². The first-order valence-corrected chi connectivity index (χ1v) is 9.41. The van der Waals surface area contributed by atoms with Crippen LogP contribution in [0.4, 0.5) is 4.79 Å². The molecule has 5 heteroatoms. The van der Waals surface area contributed by atoms with Gasteiger partial charge in [-0.3, -0.25) is 0 Å². The molecule has 2 aliphatic rings. The lowest BCUT2D eigenvalue weighted by Crippen LogP contribution is -2.49. The summed E-state index contributed by atoms with van der Waals surface area (Å²) in [5.41, 5.74) is 0.994. The van der Waals surface area contributed by atoms with Crippen molar-refractivity contribution in [2.75, 3.05) is 13.1 Å². The third-order valence-corrected chi connectivity index (χ3v) is 5.47. The van der Waals surface area contributed by atoms with Gasteiger partial charge >= 0.3 is 6.09 Å². The molecule has 0 bridgehead atoms. The number of carbonyl (C=O) groups is 1. The van der Waals surface area contributed by atoms with Crippen molar-refractivity contribution in [2.24, 2.45) is 5.41 Å². The second kappa shape index (κ2) is 6.03. The molecular formula is C20H32N2O3. The van der Waals surface area contributed by atoms with E-state index in [2.05, 4.69) is 20.8 Å². The third-order valence-electron chi connectivity index (χ3n) is 5.47. The molecule has 1 aliphatic heterocycles. The molecule has 0 aromatic carbocycles. The minimum atomic E-state index is -0.427. The summed E-state index contributed by atoms with van der Waals surface area (Å²) in [6.45, 7) is 13.8. The Balaban J connectivity index is 1.52. The maximum absolute atomic E-state index is 12.2. The fourth-order valence-corrected chi connectivity index (χ4v) is 3.88. The highest BCUT2D eigenvalue weighted by Gasteiger charge is 2.48. The van der Waals surface area contributed by atoms with E-state index in [-0.39, 0.29) is 11.5 Å². The van der Waals surface area contributed by atoms with Crippen LogP contribution < -0.4 is 0 Å². The van der Waals surface area contributed by atoms with Crippen LogP contribution >= 0.6 is 0 Å². The molecule has 0 N–H and O–H groups in total. The molecule has 0 radical (unpaired) electrons. The van der Waals surface area contributed by atoms with E-state index < -0.39 is 5.60 Å². The van der Waals surface area contributed by atoms with Crippen molar-refractivity contribution in [3.05, 3.63) is 17.8 Å². The van der Waals surface area contributed by atoms with E-state index in [1.807, 2.05) is 31.9 Å². The number of piperidine rings is 1. The number of nitrogens with zero attached hydrogens (tertiary/aromatic N) is 2. The van der Waals surface area contributed by atoms with Gasteiger partial charge in [0.1, 0.15) is 11.9 Å². The highest BCUT2D eigenvalue weighted by Crippen LogP contribution is 2.56. The van der Waals surface area contributed by atoms with Crippen LogP contribution in [0.2, 0.25) is 0 Å². The van der Waals surface area contributed by atoms with Gasteiger partial charge in [0.15, 0.2) is 5.89 Å². The third kappa shape index (κ3) is 4.01. The minimum Gasteiger partial charge on any atom is -0.448 e. The summed E-state index contributed by atoms with van der Waals surface area (Å²) in [6.07, 6.45) is 5.98. The molecule has 3 rings (SSSR count). The van der Waals surface area contributed by atoms with E-state index in [1.54, 1.807) is 0 Å². The maximum Gasteiger partial charge on any atom is 0.410 e. The molecule has 140 valence electrons. The summed E-state index contributed by atoms with van der Waals surface area (Å²) in [6, 6.07) is 0. The lowest BCUT2D eigenvalue weighted by atomic mass is 9.57. The summed E-state index contributed by atoms with van der Waals surface area (Å²) < 4.78 is 11.2. The molecule has 0 unspecified atom stereocenters. The van der Waals surface area contributed by atoms with E-state index >= 15 is 0 Å². The average molecular weight is 348 g/mol. The normalized spacial score (nSPS) is 21.3. The molecule has 5 nitrogen and oxygen atoms in total. The second-order valence-corrected chi connectivity index (χ2v) is 9.89. The van der Waals surface area contributed by atoms with Gasteiger partial charge in [-0.1, -0.05) is 20.8 Å². The number of hydrogen-bond acceptors (Lipinski definition) is 4. The van der Waals surface area contributed by atoms with E-state index in [0.29, 0.717) is 11.3 Å². The maximum atomic E-state index is 12.2. The van der Waals surface area contributed by atoms with Gasteiger partial charge in [0.2, 0.25) is 0 Å². The van der Waals surface area contributed by atoms with Crippen molar-refractivity contribution in [2.45, 2.75) is 84.2 Å². The molecule has 1 aromatic heterocycles. The van der Waals surface area contributed by atoms with Crippen LogP contribution in [0.25, 0.3) is 0 Å². The molecular weight excluding hydrogens is 316 g/mol. The number of oxazole rings is 1. The van der Waals surface area contributed by atoms with Crippen LogP contribution in [0.15, 0.2) is 10.7 Å². The Kier molecular flexibility index (Phi) is 4.41. The summed E-state index contributed by atoms with van der Waals surface area (Å²) >= 11 is 0. The molecule has 1 saturated carbocycles. The monoisotopic (exact) mass is 348 g/mol. The Morgan fingerprint density at radius 3 is 2.28 bits per heavy atom. The topological polar surface area (TPSA) is 55.6 Å². The predicted octanol–water partition coefficient (Wildman–Crippen LogP) is 4.87. The van der Waals surface area contributed by atoms with Crippen LogP contribution in [-0.2, 0) is 10.2 Å². The molecule has 25 heavy (non-hydrogen) atoms. The second-order valence-electron chi connectivity index (χ2n) is 9.89. The first-order valence-electron chi connectivity index (χ1n) is 9.41. The Morgan fingerprint density at radius 1 is 1.20 bits per heavy atom. The van der Waals surface area contributed by atoms with E-state index in [0.717, 1.165) is 50.4 Å². The van der Waals surface area contributed by atoms with Crippen molar-refractivity contribution in [1.29, 1.82) is 0 Å². The van der Waals surface area contributed by atoms with E-state index in [1.165, 1.54) is 0 Å². The van der Waals surface area contributed by atoms with Crippen molar-refractivity contribution < 1.29 is 13.9 Å². The quantitative estimate of drug-likeness (QED) is 0.727. The van der Waals surface area contributed by atoms with Gasteiger partial charge in [-0.15, -0.1) is 0 Å². The van der Waals surface area contributed by atoms with Gasteiger partial charge in [-0.2, -0.15) is 0 Å². The zero-order valence-corrected chi connectivity index (χ0v) is 16.5. The standard InChI is InChI=1S/C20H32N2O3/c1-18(2,3)15-13-24-16(21-15)14-11-20(12-14)7-9-22(10-8-20)17(23)25-19(4,5)6/h13-14H,7-12H2,1-6H3. The van der Waals surface area contributed by atoms with E-state index in [4.69, 9.17) is 14.1 Å². The van der Waals surface area contributed by atoms with Gasteiger partial charge in [-0.25, -0.2) is 9.78 Å². The first-order chi connectivity index (χ1) is 11.5. The fourth-order valence-electron chi connectivity index (χ4n) is 3.88. The Bertz CT molecular complexity index is 620. The van der Waals surface area contributed by atoms with Crippen LogP contribution in [0.1, 0.15) is 84.7 Å². The molecule has 1 aliphatic carbocycles. The molecule has 0 atom stereocenters. The summed E-state index contributed by atoms with van der Waals surface area (Å²) in [5.74, 6) is 1.33. The molecule has 1 spiro atoms. The van der Waals surface area contributed by atoms with Crippen molar-refractivity contribution in [3.8, 4) is 0 Å². The van der Waals surface area contributed by atoms with E-state index in [9.17, 15) is 4.79 Å². The largest absolute Gasteiger partial charge is 0.448 e.